The van der Waals surface area contributed by atoms with Crippen molar-refractivity contribution in [2.24, 2.45) is 5.73 Å². The van der Waals surface area contributed by atoms with Gasteiger partial charge in [0.15, 0.2) is 0 Å². The fourth-order valence-corrected chi connectivity index (χ4v) is 2.59. The summed E-state index contributed by atoms with van der Waals surface area (Å²) in [5, 5.41) is 9.81. The van der Waals surface area contributed by atoms with E-state index in [0.717, 1.165) is 11.8 Å². The predicted molar refractivity (Wildman–Crippen MR) is 89.7 cm³/mol. The number of nitrogens with one attached hydrogen (secondary N) is 1. The van der Waals surface area contributed by atoms with E-state index in [1.165, 1.54) is 6.07 Å². The number of aliphatic hydroxyl groups excluding tert-OH is 1. The van der Waals surface area contributed by atoms with Crippen LogP contribution in [0.25, 0.3) is 0 Å². The van der Waals surface area contributed by atoms with Crippen molar-refractivity contribution in [3.63, 3.8) is 0 Å². The first-order valence-electron chi connectivity index (χ1n) is 7.05. The van der Waals surface area contributed by atoms with Crippen molar-refractivity contribution in [3.8, 4) is 5.75 Å². The van der Waals surface area contributed by atoms with Gasteiger partial charge in [0.2, 0.25) is 10.0 Å². The minimum absolute atomic E-state index is 0.0442. The van der Waals surface area contributed by atoms with Gasteiger partial charge in [0.05, 0.1) is 18.0 Å². The highest BCUT2D eigenvalue weighted by Gasteiger charge is 2.13. The topological polar surface area (TPSA) is 102 Å². The number of nitrogens with two attached hydrogens (primary N) is 1. The van der Waals surface area contributed by atoms with Crippen LogP contribution in [-0.4, -0.2) is 26.3 Å². The zero-order chi connectivity index (χ0) is 16.9. The number of sulfonamides is 1. The van der Waals surface area contributed by atoms with E-state index >= 15 is 0 Å². The Bertz CT molecular complexity index is 748. The van der Waals surface area contributed by atoms with Crippen LogP contribution >= 0.6 is 0 Å². The van der Waals surface area contributed by atoms with Crippen molar-refractivity contribution >= 4 is 15.7 Å². The molecular weight excluding hydrogens is 316 g/mol. The summed E-state index contributed by atoms with van der Waals surface area (Å²) >= 11 is 0. The van der Waals surface area contributed by atoms with Gasteiger partial charge in [-0.25, -0.2) is 8.42 Å². The molecule has 2 rings (SSSR count). The van der Waals surface area contributed by atoms with Gasteiger partial charge in [-0.1, -0.05) is 36.4 Å². The van der Waals surface area contributed by atoms with Crippen LogP contribution in [0.15, 0.2) is 48.5 Å². The van der Waals surface area contributed by atoms with E-state index in [1.54, 1.807) is 12.1 Å². The Morgan fingerprint density at radius 2 is 1.91 bits per heavy atom. The molecule has 0 aromatic heterocycles. The molecule has 4 N–H and O–H groups in total. The third kappa shape index (κ3) is 5.24. The SMILES string of the molecule is CS(=O)(=O)Nc1cc([C@@H](O)CN)ccc1OCc1ccccc1. The zero-order valence-corrected chi connectivity index (χ0v) is 13.6. The van der Waals surface area contributed by atoms with Gasteiger partial charge >= 0.3 is 0 Å². The van der Waals surface area contributed by atoms with Crippen LogP contribution < -0.4 is 15.2 Å². The van der Waals surface area contributed by atoms with Gasteiger partial charge in [0.25, 0.3) is 0 Å². The summed E-state index contributed by atoms with van der Waals surface area (Å²) in [6.45, 7) is 0.348. The summed E-state index contributed by atoms with van der Waals surface area (Å²) in [4.78, 5) is 0. The van der Waals surface area contributed by atoms with Crippen molar-refractivity contribution in [3.05, 3.63) is 59.7 Å². The Balaban J connectivity index is 2.26. The molecule has 0 heterocycles. The molecule has 0 saturated carbocycles. The molecule has 2 aromatic carbocycles. The molecule has 0 amide bonds. The molecule has 124 valence electrons. The van der Waals surface area contributed by atoms with Crippen molar-refractivity contribution in [2.75, 3.05) is 17.5 Å². The normalized spacial score (nSPS) is 12.7. The quantitative estimate of drug-likeness (QED) is 0.713. The number of ether oxygens (including phenoxy) is 1. The highest BCUT2D eigenvalue weighted by Crippen LogP contribution is 2.29. The van der Waals surface area contributed by atoms with Gasteiger partial charge < -0.3 is 15.6 Å². The van der Waals surface area contributed by atoms with E-state index in [9.17, 15) is 13.5 Å². The summed E-state index contributed by atoms with van der Waals surface area (Å²) in [5.41, 5.74) is 7.19. The molecule has 0 fully saturated rings. The zero-order valence-electron chi connectivity index (χ0n) is 12.8. The molecule has 0 aliphatic carbocycles. The van der Waals surface area contributed by atoms with E-state index < -0.39 is 16.1 Å². The molecule has 23 heavy (non-hydrogen) atoms. The van der Waals surface area contributed by atoms with Gasteiger partial charge in [-0.3, -0.25) is 4.72 Å². The van der Waals surface area contributed by atoms with Gasteiger partial charge in [-0.2, -0.15) is 0 Å². The minimum atomic E-state index is -3.47. The molecule has 0 saturated heterocycles. The van der Waals surface area contributed by atoms with E-state index in [4.69, 9.17) is 10.5 Å². The van der Waals surface area contributed by atoms with Crippen LogP contribution in [0.2, 0.25) is 0 Å². The van der Waals surface area contributed by atoms with Crippen LogP contribution in [0.4, 0.5) is 5.69 Å². The maximum absolute atomic E-state index is 11.5. The Morgan fingerprint density at radius 3 is 2.52 bits per heavy atom. The number of hydrogen-bond acceptors (Lipinski definition) is 5. The maximum atomic E-state index is 11.5. The lowest BCUT2D eigenvalue weighted by Gasteiger charge is -2.16. The smallest absolute Gasteiger partial charge is 0.229 e. The highest BCUT2D eigenvalue weighted by atomic mass is 32.2. The van der Waals surface area contributed by atoms with Crippen molar-refractivity contribution in [1.82, 2.24) is 0 Å². The molecule has 0 bridgehead atoms. The summed E-state index contributed by atoms with van der Waals surface area (Å²) in [6.07, 6.45) is 0.193. The van der Waals surface area contributed by atoms with Crippen LogP contribution in [0.5, 0.6) is 5.75 Å². The molecule has 0 unspecified atom stereocenters. The average molecular weight is 336 g/mol. The third-order valence-electron chi connectivity index (χ3n) is 3.14. The molecular formula is C16H20N2O4S. The molecule has 7 heteroatoms. The summed E-state index contributed by atoms with van der Waals surface area (Å²) in [6, 6.07) is 14.3. The molecule has 0 spiro atoms. The molecule has 1 atom stereocenters. The average Bonchev–Trinajstić information content (AvgIpc) is 2.52. The third-order valence-corrected chi connectivity index (χ3v) is 3.73. The lowest BCUT2D eigenvalue weighted by atomic mass is 10.1. The Hall–Kier alpha value is -2.09. The second kappa shape index (κ2) is 7.45. The van der Waals surface area contributed by atoms with Crippen molar-refractivity contribution < 1.29 is 18.3 Å². The molecule has 0 aliphatic rings. The highest BCUT2D eigenvalue weighted by molar-refractivity contribution is 7.92. The summed E-state index contributed by atoms with van der Waals surface area (Å²) < 4.78 is 31.1. The molecule has 0 aliphatic heterocycles. The van der Waals surface area contributed by atoms with Crippen molar-refractivity contribution in [2.45, 2.75) is 12.7 Å². The van der Waals surface area contributed by atoms with Crippen LogP contribution in [-0.2, 0) is 16.6 Å². The number of hydrogen-bond donors (Lipinski definition) is 3. The molecule has 2 aromatic rings. The number of rotatable bonds is 7. The largest absolute Gasteiger partial charge is 0.487 e. The van der Waals surface area contributed by atoms with Gasteiger partial charge in [0, 0.05) is 6.54 Å². The second-order valence-electron chi connectivity index (χ2n) is 5.16. The Morgan fingerprint density at radius 1 is 1.22 bits per heavy atom. The Labute approximate surface area is 136 Å². The minimum Gasteiger partial charge on any atom is -0.487 e. The number of benzene rings is 2. The van der Waals surface area contributed by atoms with Gasteiger partial charge in [0.1, 0.15) is 12.4 Å². The Kier molecular flexibility index (Phi) is 5.59. The fourth-order valence-electron chi connectivity index (χ4n) is 2.03. The fraction of sp³-hybridized carbons (Fsp3) is 0.250. The van der Waals surface area contributed by atoms with Gasteiger partial charge in [-0.15, -0.1) is 0 Å². The number of anilines is 1. The molecule has 6 nitrogen and oxygen atoms in total. The second-order valence-corrected chi connectivity index (χ2v) is 6.90. The van der Waals surface area contributed by atoms with Gasteiger partial charge in [-0.05, 0) is 23.3 Å². The maximum Gasteiger partial charge on any atom is 0.229 e. The summed E-state index contributed by atoms with van der Waals surface area (Å²) in [7, 11) is -3.47. The van der Waals surface area contributed by atoms with Crippen LogP contribution in [0.3, 0.4) is 0 Å². The summed E-state index contributed by atoms with van der Waals surface area (Å²) in [5.74, 6) is 0.382. The first-order chi connectivity index (χ1) is 10.9. The lowest BCUT2D eigenvalue weighted by molar-refractivity contribution is 0.186. The van der Waals surface area contributed by atoms with E-state index in [2.05, 4.69) is 4.72 Å². The van der Waals surface area contributed by atoms with E-state index in [1.807, 2.05) is 30.3 Å². The predicted octanol–water partition coefficient (Wildman–Crippen LogP) is 1.63. The van der Waals surface area contributed by atoms with Crippen LogP contribution in [0.1, 0.15) is 17.2 Å². The molecule has 0 radical (unpaired) electrons. The first kappa shape index (κ1) is 17.3. The first-order valence-corrected chi connectivity index (χ1v) is 8.95. The standard InChI is InChI=1S/C16H20N2O4S/c1-23(20,21)18-14-9-13(15(19)10-17)7-8-16(14)22-11-12-5-3-2-4-6-12/h2-9,15,18-19H,10-11,17H2,1H3/t15-/m0/s1. The number of aliphatic hydroxyl groups is 1. The lowest BCUT2D eigenvalue weighted by Crippen LogP contribution is -2.14. The monoisotopic (exact) mass is 336 g/mol. The van der Waals surface area contributed by atoms with E-state index in [-0.39, 0.29) is 12.2 Å². The van der Waals surface area contributed by atoms with E-state index in [0.29, 0.717) is 17.9 Å². The van der Waals surface area contributed by atoms with Crippen LogP contribution in [0, 0.1) is 0 Å². The van der Waals surface area contributed by atoms with Crippen molar-refractivity contribution in [1.29, 1.82) is 0 Å².